The molecule has 4 fully saturated rings. The maximum absolute atomic E-state index is 11.0. The Bertz CT molecular complexity index is 771. The highest BCUT2D eigenvalue weighted by molar-refractivity contribution is 5.28. The summed E-state index contributed by atoms with van der Waals surface area (Å²) in [6.07, 6.45) is 10.3. The maximum Gasteiger partial charge on any atom is 0.172 e. The first-order valence-electron chi connectivity index (χ1n) is 11.7. The highest BCUT2D eigenvalue weighted by atomic mass is 16.7. The van der Waals surface area contributed by atoms with Crippen LogP contribution in [0.15, 0.2) is 11.6 Å². The van der Waals surface area contributed by atoms with Crippen molar-refractivity contribution in [3.8, 4) is 6.07 Å². The van der Waals surface area contributed by atoms with Crippen LogP contribution in [0.5, 0.6) is 0 Å². The van der Waals surface area contributed by atoms with Crippen LogP contribution in [-0.2, 0) is 9.47 Å². The first-order chi connectivity index (χ1) is 13.6. The molecule has 0 radical (unpaired) electrons. The molecule has 0 unspecified atom stereocenters. The number of rotatable bonds is 0. The fourth-order valence-electron chi connectivity index (χ4n) is 7.79. The molecular formula is C25H37NO3. The van der Waals surface area contributed by atoms with Gasteiger partial charge in [0.15, 0.2) is 11.4 Å². The predicted molar refractivity (Wildman–Crippen MR) is 111 cm³/mol. The number of hydrogen-bond donors (Lipinski definition) is 1. The van der Waals surface area contributed by atoms with E-state index in [4.69, 9.17) is 9.47 Å². The van der Waals surface area contributed by atoms with Crippen molar-refractivity contribution in [2.24, 2.45) is 34.0 Å². The van der Waals surface area contributed by atoms with E-state index in [-0.39, 0.29) is 16.2 Å². The molecule has 4 heteroatoms. The molecule has 4 aliphatic carbocycles. The molecule has 1 spiro atoms. The first kappa shape index (κ1) is 20.0. The average Bonchev–Trinajstić information content (AvgIpc) is 2.97. The van der Waals surface area contributed by atoms with Crippen molar-refractivity contribution in [3.05, 3.63) is 11.6 Å². The van der Waals surface area contributed by atoms with Crippen LogP contribution in [0.4, 0.5) is 0 Å². The van der Waals surface area contributed by atoms with Crippen molar-refractivity contribution in [3.63, 3.8) is 0 Å². The summed E-state index contributed by atoms with van der Waals surface area (Å²) < 4.78 is 12.7. The van der Waals surface area contributed by atoms with Crippen LogP contribution >= 0.6 is 0 Å². The lowest BCUT2D eigenvalue weighted by Crippen LogP contribution is -2.57. The molecule has 4 nitrogen and oxygen atoms in total. The number of fused-ring (bicyclic) bond motifs is 5. The fourth-order valence-corrected chi connectivity index (χ4v) is 7.79. The van der Waals surface area contributed by atoms with E-state index in [0.717, 1.165) is 58.2 Å². The van der Waals surface area contributed by atoms with Crippen LogP contribution in [-0.4, -0.2) is 29.7 Å². The summed E-state index contributed by atoms with van der Waals surface area (Å²) in [5, 5.41) is 20.7. The van der Waals surface area contributed by atoms with E-state index in [1.165, 1.54) is 0 Å². The first-order valence-corrected chi connectivity index (χ1v) is 11.7. The Hall–Kier alpha value is -0.890. The Morgan fingerprint density at radius 3 is 2.38 bits per heavy atom. The standard InChI is InChI=1S/C25H37NO3/c1-21(2)15-28-25(29-16-21)12-11-22(3)17(13-25)5-6-18-19(22)7-9-23(4)20(18)8-10-24(23,27)14-26/h5,18-20,27H,6-13,15-16H2,1-4H3/t18-,19+,20+,22+,23+,24+/m1/s1. The van der Waals surface area contributed by atoms with E-state index in [1.54, 1.807) is 5.57 Å². The van der Waals surface area contributed by atoms with Crippen molar-refractivity contribution in [2.75, 3.05) is 13.2 Å². The molecule has 160 valence electrons. The molecule has 0 aromatic rings. The number of nitriles is 1. The van der Waals surface area contributed by atoms with Gasteiger partial charge in [0.2, 0.25) is 0 Å². The van der Waals surface area contributed by atoms with E-state index in [9.17, 15) is 10.4 Å². The summed E-state index contributed by atoms with van der Waals surface area (Å²) in [5.74, 6) is 1.29. The molecule has 1 heterocycles. The topological polar surface area (TPSA) is 62.5 Å². The molecule has 1 aliphatic heterocycles. The summed E-state index contributed by atoms with van der Waals surface area (Å²) in [4.78, 5) is 0. The molecule has 0 amide bonds. The lowest BCUT2D eigenvalue weighted by Gasteiger charge is -2.60. The molecule has 1 saturated heterocycles. The zero-order valence-corrected chi connectivity index (χ0v) is 18.6. The minimum absolute atomic E-state index is 0.103. The zero-order chi connectivity index (χ0) is 20.7. The van der Waals surface area contributed by atoms with Gasteiger partial charge in [-0.1, -0.05) is 39.3 Å². The Morgan fingerprint density at radius 2 is 1.69 bits per heavy atom. The quantitative estimate of drug-likeness (QED) is 0.461. The van der Waals surface area contributed by atoms with Gasteiger partial charge in [0.25, 0.3) is 0 Å². The predicted octanol–water partition coefficient (Wildman–Crippen LogP) is 4.97. The summed E-state index contributed by atoms with van der Waals surface area (Å²) in [6, 6.07) is 2.29. The number of ether oxygens (including phenoxy) is 2. The molecule has 0 aromatic carbocycles. The molecule has 29 heavy (non-hydrogen) atoms. The van der Waals surface area contributed by atoms with Gasteiger partial charge < -0.3 is 14.6 Å². The minimum Gasteiger partial charge on any atom is -0.375 e. The summed E-state index contributed by atoms with van der Waals surface area (Å²) in [5.41, 5.74) is 0.471. The van der Waals surface area contributed by atoms with Crippen molar-refractivity contribution in [1.29, 1.82) is 5.26 Å². The van der Waals surface area contributed by atoms with E-state index in [0.29, 0.717) is 24.2 Å². The van der Waals surface area contributed by atoms with Gasteiger partial charge in [-0.2, -0.15) is 5.26 Å². The van der Waals surface area contributed by atoms with Crippen LogP contribution in [0.3, 0.4) is 0 Å². The average molecular weight is 400 g/mol. The van der Waals surface area contributed by atoms with E-state index in [2.05, 4.69) is 39.8 Å². The summed E-state index contributed by atoms with van der Waals surface area (Å²) in [6.45, 7) is 10.6. The van der Waals surface area contributed by atoms with Gasteiger partial charge in [-0.05, 0) is 61.7 Å². The van der Waals surface area contributed by atoms with E-state index >= 15 is 0 Å². The second-order valence-electron chi connectivity index (χ2n) is 12.1. The second kappa shape index (κ2) is 6.09. The van der Waals surface area contributed by atoms with Gasteiger partial charge in [0, 0.05) is 23.7 Å². The third kappa shape index (κ3) is 2.66. The zero-order valence-electron chi connectivity index (χ0n) is 18.6. The van der Waals surface area contributed by atoms with Crippen molar-refractivity contribution in [1.82, 2.24) is 0 Å². The minimum atomic E-state index is -1.14. The van der Waals surface area contributed by atoms with Crippen molar-refractivity contribution in [2.45, 2.75) is 90.4 Å². The van der Waals surface area contributed by atoms with Gasteiger partial charge in [-0.15, -0.1) is 0 Å². The van der Waals surface area contributed by atoms with Gasteiger partial charge in [0.05, 0.1) is 19.3 Å². The summed E-state index contributed by atoms with van der Waals surface area (Å²) >= 11 is 0. The monoisotopic (exact) mass is 399 g/mol. The maximum atomic E-state index is 11.0. The highest BCUT2D eigenvalue weighted by Crippen LogP contribution is 2.67. The van der Waals surface area contributed by atoms with Gasteiger partial charge in [-0.25, -0.2) is 0 Å². The summed E-state index contributed by atoms with van der Waals surface area (Å²) in [7, 11) is 0. The Balaban J connectivity index is 1.41. The van der Waals surface area contributed by atoms with Crippen LogP contribution < -0.4 is 0 Å². The molecule has 0 bridgehead atoms. The molecule has 3 saturated carbocycles. The molecular weight excluding hydrogens is 362 g/mol. The van der Waals surface area contributed by atoms with Crippen LogP contribution in [0.25, 0.3) is 0 Å². The molecule has 6 atom stereocenters. The second-order valence-corrected chi connectivity index (χ2v) is 12.1. The Labute approximate surface area is 175 Å². The highest BCUT2D eigenvalue weighted by Gasteiger charge is 2.64. The number of nitrogens with zero attached hydrogens (tertiary/aromatic N) is 1. The van der Waals surface area contributed by atoms with E-state index < -0.39 is 11.4 Å². The van der Waals surface area contributed by atoms with Crippen LogP contribution in [0.2, 0.25) is 0 Å². The number of aliphatic hydroxyl groups is 1. The molecule has 0 aromatic heterocycles. The fraction of sp³-hybridized carbons (Fsp3) is 0.880. The van der Waals surface area contributed by atoms with Gasteiger partial charge in [0.1, 0.15) is 0 Å². The number of allylic oxidation sites excluding steroid dienone is 1. The molecule has 1 N–H and O–H groups in total. The SMILES string of the molecule is CC1(C)COC2(CC[C@@]3(C)C(=CC[C@@H]4[C@@H]3CC[C@@]3(C)[C@H]4CC[C@]3(O)C#N)C2)OC1. The lowest BCUT2D eigenvalue weighted by molar-refractivity contribution is -0.310. The molecule has 5 rings (SSSR count). The van der Waals surface area contributed by atoms with E-state index in [1.807, 2.05) is 0 Å². The van der Waals surface area contributed by atoms with Gasteiger partial charge in [-0.3, -0.25) is 0 Å². The largest absolute Gasteiger partial charge is 0.375 e. The van der Waals surface area contributed by atoms with Crippen molar-refractivity contribution < 1.29 is 14.6 Å². The van der Waals surface area contributed by atoms with Crippen molar-refractivity contribution >= 4 is 0 Å². The van der Waals surface area contributed by atoms with Gasteiger partial charge >= 0.3 is 0 Å². The Morgan fingerprint density at radius 1 is 1.00 bits per heavy atom. The molecule has 5 aliphatic rings. The third-order valence-electron chi connectivity index (χ3n) is 9.90. The smallest absolute Gasteiger partial charge is 0.172 e. The normalized spacial score (nSPS) is 50.1. The Kier molecular flexibility index (Phi) is 4.20. The number of hydrogen-bond acceptors (Lipinski definition) is 4. The third-order valence-corrected chi connectivity index (χ3v) is 9.90. The van der Waals surface area contributed by atoms with Crippen LogP contribution in [0.1, 0.15) is 79.1 Å². The lowest BCUT2D eigenvalue weighted by atomic mass is 9.47. The van der Waals surface area contributed by atoms with Crippen LogP contribution in [0, 0.1) is 45.3 Å².